The minimum absolute atomic E-state index is 0.0789. The van der Waals surface area contributed by atoms with E-state index in [2.05, 4.69) is 21.1 Å². The van der Waals surface area contributed by atoms with E-state index in [9.17, 15) is 24.8 Å². The van der Waals surface area contributed by atoms with Crippen LogP contribution >= 0.6 is 0 Å². The number of nitro groups is 1. The standard InChI is InChI=1S/C27H30N6O5/c28-27(32-33(37)38)29-16-8-15-23(25(35)30-18-19-9-7-14-22(34)17-19)31-26(36)24(20-10-3-1-4-11-20)21-12-5-2-6-13-21/h1-7,9-14,17,23-24,34H,8,15-16,18H2,(H,30,35)(H,31,36)(H3,28,29,32)/t23-/m0/s1. The maximum Gasteiger partial charge on any atom is 0.266 e. The largest absolute Gasteiger partial charge is 0.508 e. The molecule has 3 rings (SSSR count). The fourth-order valence-corrected chi connectivity index (χ4v) is 3.93. The lowest BCUT2D eigenvalue weighted by Gasteiger charge is -2.23. The summed E-state index contributed by atoms with van der Waals surface area (Å²) in [4.78, 5) is 37.2. The first kappa shape index (κ1) is 27.7. The molecule has 0 saturated heterocycles. The Morgan fingerprint density at radius 1 is 0.921 bits per heavy atom. The zero-order chi connectivity index (χ0) is 27.3. The lowest BCUT2D eigenvalue weighted by Crippen LogP contribution is -2.48. The molecule has 3 aromatic carbocycles. The highest BCUT2D eigenvalue weighted by atomic mass is 16.7. The van der Waals surface area contributed by atoms with Gasteiger partial charge in [0.15, 0.2) is 5.03 Å². The number of nitrogens with zero attached hydrogens (tertiary/aromatic N) is 2. The molecule has 0 heterocycles. The summed E-state index contributed by atoms with van der Waals surface area (Å²) in [5, 5.41) is 30.5. The van der Waals surface area contributed by atoms with Crippen molar-refractivity contribution in [2.24, 2.45) is 10.8 Å². The third-order valence-corrected chi connectivity index (χ3v) is 5.70. The molecule has 0 saturated carbocycles. The molecule has 11 nitrogen and oxygen atoms in total. The highest BCUT2D eigenvalue weighted by Crippen LogP contribution is 2.25. The number of hydrazone groups is 1. The lowest BCUT2D eigenvalue weighted by molar-refractivity contribution is -0.485. The van der Waals surface area contributed by atoms with Crippen molar-refractivity contribution in [1.29, 1.82) is 0 Å². The van der Waals surface area contributed by atoms with Crippen molar-refractivity contribution in [1.82, 2.24) is 16.0 Å². The van der Waals surface area contributed by atoms with Gasteiger partial charge in [0.25, 0.3) is 5.96 Å². The zero-order valence-electron chi connectivity index (χ0n) is 20.6. The predicted molar refractivity (Wildman–Crippen MR) is 142 cm³/mol. The predicted octanol–water partition coefficient (Wildman–Crippen LogP) is 2.20. The van der Waals surface area contributed by atoms with Crippen LogP contribution in [-0.2, 0) is 16.1 Å². The molecule has 1 atom stereocenters. The van der Waals surface area contributed by atoms with E-state index in [0.29, 0.717) is 12.0 Å². The van der Waals surface area contributed by atoms with Gasteiger partial charge in [-0.15, -0.1) is 0 Å². The summed E-state index contributed by atoms with van der Waals surface area (Å²) in [6, 6.07) is 24.1. The molecule has 3 aromatic rings. The van der Waals surface area contributed by atoms with E-state index in [-0.39, 0.29) is 37.1 Å². The van der Waals surface area contributed by atoms with Crippen molar-refractivity contribution >= 4 is 17.8 Å². The number of amides is 2. The molecule has 0 fully saturated rings. The van der Waals surface area contributed by atoms with Gasteiger partial charge in [-0.3, -0.25) is 9.59 Å². The van der Waals surface area contributed by atoms with E-state index in [1.807, 2.05) is 60.7 Å². The van der Waals surface area contributed by atoms with Gasteiger partial charge < -0.3 is 26.8 Å². The van der Waals surface area contributed by atoms with E-state index in [1.165, 1.54) is 12.1 Å². The van der Waals surface area contributed by atoms with E-state index in [0.717, 1.165) is 11.1 Å². The first-order valence-corrected chi connectivity index (χ1v) is 12.0. The van der Waals surface area contributed by atoms with Gasteiger partial charge in [0.1, 0.15) is 16.9 Å². The average molecular weight is 519 g/mol. The van der Waals surface area contributed by atoms with E-state index < -0.39 is 22.9 Å². The molecule has 0 bridgehead atoms. The summed E-state index contributed by atoms with van der Waals surface area (Å²) in [5.41, 5.74) is 7.70. The molecule has 0 aliphatic rings. The Morgan fingerprint density at radius 2 is 1.55 bits per heavy atom. The number of carbonyl (C=O) groups is 2. The summed E-state index contributed by atoms with van der Waals surface area (Å²) in [7, 11) is 0. The van der Waals surface area contributed by atoms with Gasteiger partial charge in [-0.1, -0.05) is 72.8 Å². The molecule has 0 aliphatic heterocycles. The Balaban J connectivity index is 1.75. The second-order valence-corrected chi connectivity index (χ2v) is 8.50. The van der Waals surface area contributed by atoms with Gasteiger partial charge in [-0.2, -0.15) is 0 Å². The molecular formula is C27H30N6O5. The second kappa shape index (κ2) is 14.0. The number of hydrogen-bond donors (Lipinski definition) is 5. The minimum atomic E-state index is -0.909. The first-order chi connectivity index (χ1) is 18.3. The number of guanidine groups is 1. The van der Waals surface area contributed by atoms with Crippen LogP contribution in [0.5, 0.6) is 5.75 Å². The summed E-state index contributed by atoms with van der Waals surface area (Å²) in [6.07, 6.45) is 0.590. The highest BCUT2D eigenvalue weighted by molar-refractivity contribution is 5.92. The maximum atomic E-state index is 13.6. The molecule has 0 radical (unpaired) electrons. The number of nitrogens with one attached hydrogen (secondary N) is 3. The normalized spacial score (nSPS) is 12.0. The quantitative estimate of drug-likeness (QED) is 0.0804. The Labute approximate surface area is 219 Å². The fourth-order valence-electron chi connectivity index (χ4n) is 3.93. The van der Waals surface area contributed by atoms with Crippen LogP contribution in [-0.4, -0.2) is 40.5 Å². The van der Waals surface area contributed by atoms with Crippen LogP contribution in [0.4, 0.5) is 0 Å². The molecule has 0 spiro atoms. The zero-order valence-corrected chi connectivity index (χ0v) is 20.6. The molecule has 0 unspecified atom stereocenters. The van der Waals surface area contributed by atoms with Crippen LogP contribution in [0.1, 0.15) is 35.4 Å². The number of benzene rings is 3. The smallest absolute Gasteiger partial charge is 0.266 e. The third kappa shape index (κ3) is 8.63. The fraction of sp³-hybridized carbons (Fsp3) is 0.222. The molecule has 0 aromatic heterocycles. The van der Waals surface area contributed by atoms with Crippen molar-refractivity contribution in [3.63, 3.8) is 0 Å². The monoisotopic (exact) mass is 518 g/mol. The summed E-state index contributed by atoms with van der Waals surface area (Å²) in [5.74, 6) is -1.66. The molecule has 0 aliphatic carbocycles. The van der Waals surface area contributed by atoms with Gasteiger partial charge in [-0.25, -0.2) is 10.1 Å². The SMILES string of the molecule is NC(=N[N+](=O)[O-])NCCC[C@H](NC(=O)C(c1ccccc1)c1ccccc1)C(=O)NCc1cccc(O)c1. The molecule has 38 heavy (non-hydrogen) atoms. The van der Waals surface area contributed by atoms with Crippen LogP contribution in [0.15, 0.2) is 90.0 Å². The number of carbonyl (C=O) groups excluding carboxylic acids is 2. The maximum absolute atomic E-state index is 13.6. The summed E-state index contributed by atoms with van der Waals surface area (Å²) < 4.78 is 0. The van der Waals surface area contributed by atoms with E-state index in [4.69, 9.17) is 5.73 Å². The molecule has 6 N–H and O–H groups in total. The number of rotatable bonds is 12. The van der Waals surface area contributed by atoms with Crippen LogP contribution in [0.2, 0.25) is 0 Å². The number of nitrogens with two attached hydrogens (primary N) is 1. The Hall–Kier alpha value is -4.93. The third-order valence-electron chi connectivity index (χ3n) is 5.70. The number of phenols is 1. The van der Waals surface area contributed by atoms with Crippen molar-refractivity contribution in [3.05, 3.63) is 112 Å². The topological polar surface area (TPSA) is 172 Å². The average Bonchev–Trinajstić information content (AvgIpc) is 2.90. The van der Waals surface area contributed by atoms with Gasteiger partial charge in [0, 0.05) is 13.1 Å². The highest BCUT2D eigenvalue weighted by Gasteiger charge is 2.27. The molecule has 198 valence electrons. The molecular weight excluding hydrogens is 488 g/mol. The molecule has 2 amide bonds. The van der Waals surface area contributed by atoms with Crippen molar-refractivity contribution < 1.29 is 19.7 Å². The van der Waals surface area contributed by atoms with Gasteiger partial charge in [0.2, 0.25) is 11.8 Å². The van der Waals surface area contributed by atoms with Crippen molar-refractivity contribution in [2.75, 3.05) is 6.54 Å². The Morgan fingerprint density at radius 3 is 2.13 bits per heavy atom. The number of phenolic OH excluding ortho intramolecular Hbond substituents is 1. The summed E-state index contributed by atoms with van der Waals surface area (Å²) >= 11 is 0. The summed E-state index contributed by atoms with van der Waals surface area (Å²) in [6.45, 7) is 0.358. The first-order valence-electron chi connectivity index (χ1n) is 12.0. The van der Waals surface area contributed by atoms with Crippen molar-refractivity contribution in [3.8, 4) is 5.75 Å². The van der Waals surface area contributed by atoms with Crippen LogP contribution in [0.25, 0.3) is 0 Å². The second-order valence-electron chi connectivity index (χ2n) is 8.50. The minimum Gasteiger partial charge on any atom is -0.508 e. The van der Waals surface area contributed by atoms with Crippen LogP contribution in [0, 0.1) is 10.1 Å². The van der Waals surface area contributed by atoms with Gasteiger partial charge >= 0.3 is 0 Å². The lowest BCUT2D eigenvalue weighted by atomic mass is 9.90. The van der Waals surface area contributed by atoms with E-state index >= 15 is 0 Å². The van der Waals surface area contributed by atoms with E-state index in [1.54, 1.807) is 12.1 Å². The van der Waals surface area contributed by atoms with Crippen LogP contribution in [0.3, 0.4) is 0 Å². The van der Waals surface area contributed by atoms with Gasteiger partial charge in [-0.05, 0) is 41.7 Å². The van der Waals surface area contributed by atoms with Crippen molar-refractivity contribution in [2.45, 2.75) is 31.3 Å². The van der Waals surface area contributed by atoms with Crippen LogP contribution < -0.4 is 21.7 Å². The van der Waals surface area contributed by atoms with Gasteiger partial charge in [0.05, 0.1) is 5.92 Å². The number of aromatic hydroxyl groups is 1. The number of hydrogen-bond acceptors (Lipinski definition) is 5. The Kier molecular flexibility index (Phi) is 10.2. The Bertz CT molecular complexity index is 1210. The molecule has 11 heteroatoms.